The monoisotopic (exact) mass is 444 g/mol. The maximum Gasteiger partial charge on any atom is 0.227 e. The summed E-state index contributed by atoms with van der Waals surface area (Å²) >= 11 is 0. The van der Waals surface area contributed by atoms with Crippen LogP contribution in [0.2, 0.25) is 0 Å². The van der Waals surface area contributed by atoms with E-state index in [4.69, 9.17) is 9.47 Å². The smallest absolute Gasteiger partial charge is 0.227 e. The third kappa shape index (κ3) is 6.02. The molecule has 1 saturated heterocycles. The van der Waals surface area contributed by atoms with Gasteiger partial charge in [0.25, 0.3) is 0 Å². The molecule has 1 fully saturated rings. The van der Waals surface area contributed by atoms with Gasteiger partial charge in [0.05, 0.1) is 48.6 Å². The first kappa shape index (κ1) is 22.2. The first-order valence-corrected chi connectivity index (χ1v) is 10.7. The van der Waals surface area contributed by atoms with E-state index in [2.05, 4.69) is 31.7 Å². The van der Waals surface area contributed by atoms with E-state index in [9.17, 15) is 10.1 Å². The Morgan fingerprint density at radius 1 is 1.21 bits per heavy atom. The van der Waals surface area contributed by atoms with Crippen LogP contribution in [0.1, 0.15) is 31.0 Å². The van der Waals surface area contributed by atoms with Crippen LogP contribution in [-0.4, -0.2) is 40.2 Å². The van der Waals surface area contributed by atoms with Crippen LogP contribution in [0.5, 0.6) is 5.75 Å². The first-order chi connectivity index (χ1) is 16.1. The zero-order valence-electron chi connectivity index (χ0n) is 18.2. The van der Waals surface area contributed by atoms with E-state index in [0.717, 1.165) is 29.8 Å². The predicted octanol–water partition coefficient (Wildman–Crippen LogP) is 3.35. The molecule has 2 N–H and O–H groups in total. The maximum atomic E-state index is 11.0. The van der Waals surface area contributed by atoms with Crippen LogP contribution in [0, 0.1) is 11.3 Å². The fraction of sp³-hybridized carbons (Fsp3) is 0.292. The highest BCUT2D eigenvalue weighted by molar-refractivity contribution is 5.72. The average Bonchev–Trinajstić information content (AvgIpc) is 2.84. The molecular formula is C24H24N6O3. The van der Waals surface area contributed by atoms with Gasteiger partial charge >= 0.3 is 0 Å². The van der Waals surface area contributed by atoms with Crippen LogP contribution in [0.3, 0.4) is 0 Å². The fourth-order valence-corrected chi connectivity index (χ4v) is 3.38. The Morgan fingerprint density at radius 3 is 2.79 bits per heavy atom. The zero-order chi connectivity index (χ0) is 23.0. The number of nitrogens with zero attached hydrogens (tertiary/aromatic N) is 4. The number of ether oxygens (including phenoxy) is 2. The summed E-state index contributed by atoms with van der Waals surface area (Å²) in [7, 11) is 0. The molecular weight excluding hydrogens is 420 g/mol. The van der Waals surface area contributed by atoms with Gasteiger partial charge in [0, 0.05) is 31.5 Å². The van der Waals surface area contributed by atoms with E-state index < -0.39 is 0 Å². The zero-order valence-corrected chi connectivity index (χ0v) is 18.2. The summed E-state index contributed by atoms with van der Waals surface area (Å²) < 4.78 is 11.4. The molecule has 9 nitrogen and oxygen atoms in total. The quantitative estimate of drug-likeness (QED) is 0.569. The minimum Gasteiger partial charge on any atom is -0.489 e. The second-order valence-corrected chi connectivity index (χ2v) is 7.59. The number of pyridine rings is 1. The van der Waals surface area contributed by atoms with Gasteiger partial charge in [0.2, 0.25) is 11.9 Å². The van der Waals surface area contributed by atoms with Crippen molar-refractivity contribution < 1.29 is 14.3 Å². The molecule has 0 saturated carbocycles. The number of nitrogens with one attached hydrogen (secondary N) is 2. The lowest BCUT2D eigenvalue weighted by Gasteiger charge is -2.23. The fourth-order valence-electron chi connectivity index (χ4n) is 3.38. The molecule has 1 aliphatic heterocycles. The lowest BCUT2D eigenvalue weighted by Crippen LogP contribution is -2.26. The summed E-state index contributed by atoms with van der Waals surface area (Å²) in [6.07, 6.45) is 5.00. The van der Waals surface area contributed by atoms with Gasteiger partial charge in [-0.1, -0.05) is 0 Å². The third-order valence-corrected chi connectivity index (χ3v) is 5.11. The second kappa shape index (κ2) is 10.5. The third-order valence-electron chi connectivity index (χ3n) is 5.11. The number of amides is 1. The summed E-state index contributed by atoms with van der Waals surface area (Å²) in [6, 6.07) is 13.2. The van der Waals surface area contributed by atoms with Crippen molar-refractivity contribution in [3.63, 3.8) is 0 Å². The molecule has 1 amide bonds. The first-order valence-electron chi connectivity index (χ1n) is 10.7. The Kier molecular flexibility index (Phi) is 7.07. The van der Waals surface area contributed by atoms with E-state index in [-0.39, 0.29) is 12.0 Å². The van der Waals surface area contributed by atoms with Crippen molar-refractivity contribution in [1.29, 1.82) is 5.26 Å². The van der Waals surface area contributed by atoms with Gasteiger partial charge in [0.15, 0.2) is 0 Å². The molecule has 0 bridgehead atoms. The standard InChI is InChI=1S/C24H24N6O3/c1-16(31)27-14-19-3-4-20(15-28-19)29-24-26-9-6-22(30-24)17-2-5-23(18(12-17)13-25)33-21-7-10-32-11-8-21/h2-6,9,12,15,21H,7-8,10-11,14H2,1H3,(H,27,31)(H,26,29,30). The number of benzene rings is 1. The summed E-state index contributed by atoms with van der Waals surface area (Å²) in [5.74, 6) is 0.878. The molecule has 33 heavy (non-hydrogen) atoms. The van der Waals surface area contributed by atoms with Gasteiger partial charge in [-0.15, -0.1) is 0 Å². The predicted molar refractivity (Wildman–Crippen MR) is 122 cm³/mol. The van der Waals surface area contributed by atoms with Gasteiger partial charge in [-0.05, 0) is 36.4 Å². The Hall–Kier alpha value is -4.03. The molecule has 9 heteroatoms. The van der Waals surface area contributed by atoms with E-state index in [1.54, 1.807) is 24.5 Å². The highest BCUT2D eigenvalue weighted by Crippen LogP contribution is 2.28. The van der Waals surface area contributed by atoms with Gasteiger partial charge < -0.3 is 20.1 Å². The molecule has 0 unspecified atom stereocenters. The van der Waals surface area contributed by atoms with E-state index in [1.165, 1.54) is 6.92 Å². The number of hydrogen-bond acceptors (Lipinski definition) is 8. The SMILES string of the molecule is CC(=O)NCc1ccc(Nc2nccc(-c3ccc(OC4CCOCC4)c(C#N)c3)n2)cn1. The van der Waals surface area contributed by atoms with Crippen LogP contribution in [0.15, 0.2) is 48.8 Å². The Labute approximate surface area is 191 Å². The number of anilines is 2. The van der Waals surface area contributed by atoms with Crippen LogP contribution in [0.25, 0.3) is 11.3 Å². The van der Waals surface area contributed by atoms with Crippen molar-refractivity contribution in [3.8, 4) is 23.1 Å². The topological polar surface area (TPSA) is 122 Å². The summed E-state index contributed by atoms with van der Waals surface area (Å²) in [6.45, 7) is 3.19. The van der Waals surface area contributed by atoms with Crippen LogP contribution in [0.4, 0.5) is 11.6 Å². The Bertz CT molecular complexity index is 1150. The van der Waals surface area contributed by atoms with Crippen molar-refractivity contribution in [2.45, 2.75) is 32.4 Å². The molecule has 168 valence electrons. The largest absolute Gasteiger partial charge is 0.489 e. The number of rotatable bonds is 7. The van der Waals surface area contributed by atoms with Crippen molar-refractivity contribution in [2.75, 3.05) is 18.5 Å². The molecule has 1 aliphatic rings. The van der Waals surface area contributed by atoms with E-state index in [1.807, 2.05) is 24.3 Å². The number of hydrogen-bond donors (Lipinski definition) is 2. The number of nitriles is 1. The average molecular weight is 444 g/mol. The molecule has 3 heterocycles. The molecule has 2 aromatic heterocycles. The summed E-state index contributed by atoms with van der Waals surface area (Å²) in [4.78, 5) is 24.2. The van der Waals surface area contributed by atoms with Crippen molar-refractivity contribution in [3.05, 3.63) is 60.0 Å². The highest BCUT2D eigenvalue weighted by atomic mass is 16.5. The molecule has 0 aliphatic carbocycles. The highest BCUT2D eigenvalue weighted by Gasteiger charge is 2.17. The molecule has 3 aromatic rings. The number of carbonyl (C=O) groups is 1. The summed E-state index contributed by atoms with van der Waals surface area (Å²) in [5, 5.41) is 15.5. The van der Waals surface area contributed by atoms with Crippen LogP contribution in [-0.2, 0) is 16.1 Å². The Morgan fingerprint density at radius 2 is 2.06 bits per heavy atom. The van der Waals surface area contributed by atoms with E-state index in [0.29, 0.717) is 42.7 Å². The molecule has 0 radical (unpaired) electrons. The van der Waals surface area contributed by atoms with E-state index >= 15 is 0 Å². The van der Waals surface area contributed by atoms with Crippen molar-refractivity contribution >= 4 is 17.5 Å². The molecule has 0 spiro atoms. The van der Waals surface area contributed by atoms with Crippen LogP contribution >= 0.6 is 0 Å². The maximum absolute atomic E-state index is 11.0. The minimum absolute atomic E-state index is 0.0600. The molecule has 0 atom stereocenters. The van der Waals surface area contributed by atoms with Crippen molar-refractivity contribution in [1.82, 2.24) is 20.3 Å². The van der Waals surface area contributed by atoms with Gasteiger partial charge in [0.1, 0.15) is 17.9 Å². The van der Waals surface area contributed by atoms with Crippen LogP contribution < -0.4 is 15.4 Å². The van der Waals surface area contributed by atoms with Gasteiger partial charge in [-0.3, -0.25) is 9.78 Å². The molecule has 1 aromatic carbocycles. The number of carbonyl (C=O) groups excluding carboxylic acids is 1. The lowest BCUT2D eigenvalue weighted by atomic mass is 10.1. The molecule has 4 rings (SSSR count). The number of aromatic nitrogens is 3. The Balaban J connectivity index is 1.47. The minimum atomic E-state index is -0.105. The van der Waals surface area contributed by atoms with Gasteiger partial charge in [-0.25, -0.2) is 9.97 Å². The van der Waals surface area contributed by atoms with Crippen molar-refractivity contribution in [2.24, 2.45) is 0 Å². The normalized spacial score (nSPS) is 13.7. The lowest BCUT2D eigenvalue weighted by molar-refractivity contribution is -0.119. The summed E-state index contributed by atoms with van der Waals surface area (Å²) in [5.41, 5.74) is 3.40. The second-order valence-electron chi connectivity index (χ2n) is 7.59. The van der Waals surface area contributed by atoms with Gasteiger partial charge in [-0.2, -0.15) is 5.26 Å².